The van der Waals surface area contributed by atoms with Crippen LogP contribution in [0.5, 0.6) is 0 Å². The fourth-order valence-electron chi connectivity index (χ4n) is 5.13. The van der Waals surface area contributed by atoms with Crippen LogP contribution in [0.4, 0.5) is 0 Å². The second-order valence-corrected chi connectivity index (χ2v) is 7.73. The monoisotopic (exact) mass is 308 g/mol. The Kier molecular flexibility index (Phi) is 3.40. The molecular formula is C17H24O5. The first-order valence-corrected chi connectivity index (χ1v) is 7.94. The molecule has 5 nitrogen and oxygen atoms in total. The third-order valence-electron chi connectivity index (χ3n) is 5.80. The van der Waals surface area contributed by atoms with Crippen molar-refractivity contribution in [3.05, 3.63) is 11.1 Å². The number of carbonyl (C=O) groups is 2. The molecule has 0 bridgehead atoms. The van der Waals surface area contributed by atoms with Crippen molar-refractivity contribution in [2.45, 2.75) is 59.2 Å². The Morgan fingerprint density at radius 3 is 2.64 bits per heavy atom. The zero-order valence-electron chi connectivity index (χ0n) is 13.6. The van der Waals surface area contributed by atoms with Gasteiger partial charge in [0.05, 0.1) is 0 Å². The average molecular weight is 308 g/mol. The molecule has 1 N–H and O–H groups in total. The highest BCUT2D eigenvalue weighted by molar-refractivity contribution is 5.94. The van der Waals surface area contributed by atoms with Crippen LogP contribution >= 0.6 is 0 Å². The first-order valence-electron chi connectivity index (χ1n) is 7.94. The van der Waals surface area contributed by atoms with Crippen LogP contribution in [0.2, 0.25) is 0 Å². The first kappa shape index (κ1) is 15.5. The molecular weight excluding hydrogens is 284 g/mol. The zero-order valence-corrected chi connectivity index (χ0v) is 13.6. The van der Waals surface area contributed by atoms with Gasteiger partial charge in [-0.25, -0.2) is 4.79 Å². The Morgan fingerprint density at radius 1 is 1.32 bits per heavy atom. The van der Waals surface area contributed by atoms with Crippen molar-refractivity contribution in [1.29, 1.82) is 0 Å². The van der Waals surface area contributed by atoms with Gasteiger partial charge in [0, 0.05) is 29.4 Å². The van der Waals surface area contributed by atoms with E-state index in [0.29, 0.717) is 11.1 Å². The summed E-state index contributed by atoms with van der Waals surface area (Å²) in [6, 6.07) is 0. The lowest BCUT2D eigenvalue weighted by Crippen LogP contribution is -2.58. The molecule has 1 saturated carbocycles. The van der Waals surface area contributed by atoms with E-state index >= 15 is 0 Å². The number of ether oxygens (including phenoxy) is 2. The van der Waals surface area contributed by atoms with Crippen molar-refractivity contribution >= 4 is 11.9 Å². The van der Waals surface area contributed by atoms with Gasteiger partial charge in [-0.2, -0.15) is 0 Å². The number of aliphatic hydroxyl groups is 1. The average Bonchev–Trinajstić information content (AvgIpc) is 2.77. The number of hydrogen-bond donors (Lipinski definition) is 1. The molecule has 0 aromatic rings. The van der Waals surface area contributed by atoms with Crippen LogP contribution in [0.1, 0.15) is 47.0 Å². The summed E-state index contributed by atoms with van der Waals surface area (Å²) in [6.45, 7) is 7.78. The maximum Gasteiger partial charge on any atom is 0.335 e. The predicted molar refractivity (Wildman–Crippen MR) is 78.8 cm³/mol. The summed E-state index contributed by atoms with van der Waals surface area (Å²) in [5.41, 5.74) is 0.688. The first-order chi connectivity index (χ1) is 10.2. The number of carbonyl (C=O) groups excluding carboxylic acids is 2. The van der Waals surface area contributed by atoms with E-state index in [0.717, 1.165) is 19.3 Å². The molecule has 1 aliphatic heterocycles. The largest absolute Gasteiger partial charge is 0.459 e. The van der Waals surface area contributed by atoms with E-state index in [1.165, 1.54) is 6.92 Å². The van der Waals surface area contributed by atoms with Crippen molar-refractivity contribution in [2.24, 2.45) is 16.7 Å². The lowest BCUT2D eigenvalue weighted by Gasteiger charge is -2.56. The summed E-state index contributed by atoms with van der Waals surface area (Å²) in [4.78, 5) is 23.8. The molecule has 0 spiro atoms. The van der Waals surface area contributed by atoms with Gasteiger partial charge in [-0.15, -0.1) is 0 Å². The lowest BCUT2D eigenvalue weighted by molar-refractivity contribution is -0.173. The Labute approximate surface area is 130 Å². The fraction of sp³-hybridized carbons (Fsp3) is 0.765. The van der Waals surface area contributed by atoms with Crippen molar-refractivity contribution in [1.82, 2.24) is 0 Å². The molecule has 122 valence electrons. The highest BCUT2D eigenvalue weighted by Crippen LogP contribution is 2.61. The van der Waals surface area contributed by atoms with Crippen molar-refractivity contribution in [3.8, 4) is 0 Å². The number of rotatable bonds is 1. The number of aliphatic hydroxyl groups excluding tert-OH is 1. The minimum atomic E-state index is -0.958. The van der Waals surface area contributed by atoms with Crippen LogP contribution in [0.15, 0.2) is 11.1 Å². The van der Waals surface area contributed by atoms with Gasteiger partial charge in [0.1, 0.15) is 18.8 Å². The number of hydrogen-bond acceptors (Lipinski definition) is 5. The number of esters is 2. The molecule has 22 heavy (non-hydrogen) atoms. The van der Waals surface area contributed by atoms with Crippen LogP contribution in [0.25, 0.3) is 0 Å². The van der Waals surface area contributed by atoms with Crippen LogP contribution in [0, 0.1) is 16.7 Å². The second-order valence-electron chi connectivity index (χ2n) is 7.73. The maximum atomic E-state index is 12.3. The van der Waals surface area contributed by atoms with Gasteiger partial charge in [0.2, 0.25) is 0 Å². The second kappa shape index (κ2) is 4.82. The summed E-state index contributed by atoms with van der Waals surface area (Å²) < 4.78 is 10.7. The highest BCUT2D eigenvalue weighted by Gasteiger charge is 2.61. The van der Waals surface area contributed by atoms with Gasteiger partial charge in [-0.1, -0.05) is 27.2 Å². The van der Waals surface area contributed by atoms with E-state index in [4.69, 9.17) is 9.47 Å². The third kappa shape index (κ3) is 2.02. The summed E-state index contributed by atoms with van der Waals surface area (Å²) in [7, 11) is 0. The van der Waals surface area contributed by atoms with Crippen LogP contribution < -0.4 is 0 Å². The van der Waals surface area contributed by atoms with Crippen molar-refractivity contribution in [3.63, 3.8) is 0 Å². The van der Waals surface area contributed by atoms with Gasteiger partial charge < -0.3 is 14.6 Å². The summed E-state index contributed by atoms with van der Waals surface area (Å²) >= 11 is 0. The number of fused-ring (bicyclic) bond motifs is 2. The Bertz CT molecular complexity index is 561. The zero-order chi connectivity index (χ0) is 16.3. The summed E-state index contributed by atoms with van der Waals surface area (Å²) in [6.07, 6.45) is 1.26. The van der Waals surface area contributed by atoms with Crippen molar-refractivity contribution in [2.75, 3.05) is 6.61 Å². The molecule has 1 fully saturated rings. The minimum Gasteiger partial charge on any atom is -0.459 e. The molecule has 5 heteroatoms. The molecule has 3 rings (SSSR count). The predicted octanol–water partition coefficient (Wildman–Crippen LogP) is 1.98. The van der Waals surface area contributed by atoms with Crippen LogP contribution in [-0.2, 0) is 19.1 Å². The molecule has 0 radical (unpaired) electrons. The smallest absolute Gasteiger partial charge is 0.335 e. The molecule has 0 aromatic heterocycles. The van der Waals surface area contributed by atoms with E-state index in [9.17, 15) is 14.7 Å². The SMILES string of the molecule is CC(=O)O[C@H]1[C@@H]2C(C)(C)CCC[C@]2(C)C2=C(COC2=O)[C@@H]1O. The quantitative estimate of drug-likeness (QED) is 0.750. The van der Waals surface area contributed by atoms with E-state index in [-0.39, 0.29) is 23.9 Å². The summed E-state index contributed by atoms with van der Waals surface area (Å²) in [5, 5.41) is 10.7. The Morgan fingerprint density at radius 2 is 2.00 bits per heavy atom. The topological polar surface area (TPSA) is 72.8 Å². The van der Waals surface area contributed by atoms with Gasteiger partial charge in [-0.3, -0.25) is 4.79 Å². The number of cyclic esters (lactones) is 1. The molecule has 0 unspecified atom stereocenters. The van der Waals surface area contributed by atoms with E-state index in [1.54, 1.807) is 0 Å². The standard InChI is InChI=1S/C17H24O5/c1-9(18)22-13-12(19)10-8-21-15(20)11(10)17(4)7-5-6-16(2,3)14(13)17/h12-14,19H,5-8H2,1-4H3/t12-,13+,14+,17+/m0/s1. The van der Waals surface area contributed by atoms with Crippen LogP contribution in [-0.4, -0.2) is 35.9 Å². The van der Waals surface area contributed by atoms with Crippen LogP contribution in [0.3, 0.4) is 0 Å². The molecule has 0 saturated heterocycles. The van der Waals surface area contributed by atoms with E-state index < -0.39 is 23.6 Å². The van der Waals surface area contributed by atoms with E-state index in [1.807, 2.05) is 0 Å². The molecule has 0 amide bonds. The van der Waals surface area contributed by atoms with Gasteiger partial charge >= 0.3 is 11.9 Å². The van der Waals surface area contributed by atoms with Gasteiger partial charge in [0.25, 0.3) is 0 Å². The van der Waals surface area contributed by atoms with Gasteiger partial charge in [0.15, 0.2) is 0 Å². The molecule has 1 heterocycles. The third-order valence-corrected chi connectivity index (χ3v) is 5.80. The lowest BCUT2D eigenvalue weighted by atomic mass is 9.49. The van der Waals surface area contributed by atoms with E-state index in [2.05, 4.69) is 20.8 Å². The van der Waals surface area contributed by atoms with Gasteiger partial charge in [-0.05, 0) is 18.3 Å². The maximum absolute atomic E-state index is 12.3. The Hall–Kier alpha value is -1.36. The molecule has 4 atom stereocenters. The molecule has 2 aliphatic carbocycles. The minimum absolute atomic E-state index is 0.1000. The normalized spacial score (nSPS) is 39.9. The highest BCUT2D eigenvalue weighted by atomic mass is 16.6. The molecule has 3 aliphatic rings. The fourth-order valence-corrected chi connectivity index (χ4v) is 5.13. The summed E-state index contributed by atoms with van der Waals surface area (Å²) in [5.74, 6) is -0.820. The molecule has 0 aromatic carbocycles. The Balaban J connectivity index is 2.16. The van der Waals surface area contributed by atoms with Crippen molar-refractivity contribution < 1.29 is 24.2 Å².